The number of anilines is 1. The van der Waals surface area contributed by atoms with Crippen LogP contribution in [-0.2, 0) is 11.2 Å². The van der Waals surface area contributed by atoms with Gasteiger partial charge in [-0.1, -0.05) is 67.2 Å². The van der Waals surface area contributed by atoms with Crippen LogP contribution in [0.25, 0.3) is 11.1 Å². The Balaban J connectivity index is 1.53. The molecule has 0 fully saturated rings. The Bertz CT molecular complexity index is 1060. The molecule has 0 saturated carbocycles. The Kier molecular flexibility index (Phi) is 5.30. The van der Waals surface area contributed by atoms with Gasteiger partial charge in [0.05, 0.1) is 6.04 Å². The number of thioether (sulfide) groups is 1. The van der Waals surface area contributed by atoms with E-state index in [-0.39, 0.29) is 23.9 Å². The Morgan fingerprint density at radius 1 is 1.18 bits per heavy atom. The quantitative estimate of drug-likeness (QED) is 0.664. The maximum atomic E-state index is 12.7. The first-order valence-corrected chi connectivity index (χ1v) is 10.3. The highest BCUT2D eigenvalue weighted by atomic mass is 32.2. The summed E-state index contributed by atoms with van der Waals surface area (Å²) in [5.74, 6) is 0.580. The predicted octanol–water partition coefficient (Wildman–Crippen LogP) is 4.15. The van der Waals surface area contributed by atoms with E-state index in [4.69, 9.17) is 0 Å². The molecule has 1 N–H and O–H groups in total. The van der Waals surface area contributed by atoms with Gasteiger partial charge in [-0.25, -0.2) is 4.98 Å². The van der Waals surface area contributed by atoms with Crippen molar-refractivity contribution in [3.05, 3.63) is 76.7 Å². The number of hydrogen-bond donors (Lipinski definition) is 1. The van der Waals surface area contributed by atoms with E-state index in [1.165, 1.54) is 11.8 Å². The summed E-state index contributed by atoms with van der Waals surface area (Å²) in [7, 11) is 0. The first-order chi connectivity index (χ1) is 13.7. The van der Waals surface area contributed by atoms with Crippen molar-refractivity contribution in [3.63, 3.8) is 0 Å². The molecule has 5 nitrogen and oxygen atoms in total. The summed E-state index contributed by atoms with van der Waals surface area (Å²) in [6, 6.07) is 19.1. The maximum absolute atomic E-state index is 12.7. The molecule has 0 bridgehead atoms. The van der Waals surface area contributed by atoms with Crippen molar-refractivity contribution in [2.24, 2.45) is 0 Å². The number of amides is 1. The van der Waals surface area contributed by atoms with Crippen LogP contribution in [0.1, 0.15) is 25.1 Å². The summed E-state index contributed by atoms with van der Waals surface area (Å²) in [5.41, 5.74) is 3.52. The molecular formula is C22H21N3O2S. The van der Waals surface area contributed by atoms with E-state index in [0.29, 0.717) is 10.9 Å². The van der Waals surface area contributed by atoms with Gasteiger partial charge in [-0.15, -0.1) is 0 Å². The number of aromatic nitrogens is 2. The smallest absolute Gasteiger partial charge is 0.254 e. The lowest BCUT2D eigenvalue weighted by Gasteiger charge is -2.15. The maximum Gasteiger partial charge on any atom is 0.254 e. The molecule has 1 aliphatic heterocycles. The molecule has 3 aromatic rings. The van der Waals surface area contributed by atoms with Crippen LogP contribution in [-0.4, -0.2) is 21.2 Å². The molecule has 1 aromatic heterocycles. The molecule has 4 rings (SSSR count). The summed E-state index contributed by atoms with van der Waals surface area (Å²) in [6.07, 6.45) is 0.973. The van der Waals surface area contributed by atoms with E-state index in [2.05, 4.69) is 10.3 Å². The zero-order valence-corrected chi connectivity index (χ0v) is 16.4. The highest BCUT2D eigenvalue weighted by molar-refractivity contribution is 7.99. The third-order valence-corrected chi connectivity index (χ3v) is 5.91. The van der Waals surface area contributed by atoms with Crippen LogP contribution in [0.15, 0.2) is 70.6 Å². The second-order valence-corrected chi connectivity index (χ2v) is 7.71. The van der Waals surface area contributed by atoms with Gasteiger partial charge in [0.25, 0.3) is 5.56 Å². The van der Waals surface area contributed by atoms with E-state index < -0.39 is 0 Å². The third-order valence-electron chi connectivity index (χ3n) is 4.81. The minimum absolute atomic E-state index is 0.0747. The number of benzene rings is 2. The van der Waals surface area contributed by atoms with Crippen LogP contribution in [0.5, 0.6) is 0 Å². The Hall–Kier alpha value is -2.86. The molecule has 1 atom stereocenters. The number of para-hydroxylation sites is 1. The molecule has 1 unspecified atom stereocenters. The Morgan fingerprint density at radius 2 is 1.93 bits per heavy atom. The summed E-state index contributed by atoms with van der Waals surface area (Å²) >= 11 is 1.54. The highest BCUT2D eigenvalue weighted by Crippen LogP contribution is 2.33. The van der Waals surface area contributed by atoms with Gasteiger partial charge in [0, 0.05) is 35.2 Å². The second kappa shape index (κ2) is 8.02. The lowest BCUT2D eigenvalue weighted by Crippen LogP contribution is -2.27. The van der Waals surface area contributed by atoms with Gasteiger partial charge >= 0.3 is 0 Å². The largest absolute Gasteiger partial charge is 0.325 e. The number of rotatable bonds is 5. The van der Waals surface area contributed by atoms with Gasteiger partial charge in [-0.2, -0.15) is 0 Å². The van der Waals surface area contributed by atoms with Crippen molar-refractivity contribution < 1.29 is 4.79 Å². The van der Waals surface area contributed by atoms with E-state index >= 15 is 0 Å². The van der Waals surface area contributed by atoms with E-state index in [9.17, 15) is 9.59 Å². The van der Waals surface area contributed by atoms with E-state index in [1.54, 1.807) is 10.6 Å². The molecular weight excluding hydrogens is 370 g/mol. The van der Waals surface area contributed by atoms with Gasteiger partial charge in [0.2, 0.25) is 5.91 Å². The number of fused-ring (bicyclic) bond motifs is 1. The molecule has 1 aliphatic rings. The van der Waals surface area contributed by atoms with Crippen LogP contribution in [0, 0.1) is 0 Å². The second-order valence-electron chi connectivity index (χ2n) is 6.72. The van der Waals surface area contributed by atoms with Crippen molar-refractivity contribution >= 4 is 23.4 Å². The number of carbonyl (C=O) groups is 1. The average molecular weight is 391 g/mol. The zero-order chi connectivity index (χ0) is 19.5. The van der Waals surface area contributed by atoms with Crippen molar-refractivity contribution in [2.45, 2.75) is 31.0 Å². The van der Waals surface area contributed by atoms with Crippen molar-refractivity contribution in [1.29, 1.82) is 0 Å². The third kappa shape index (κ3) is 3.73. The van der Waals surface area contributed by atoms with Crippen LogP contribution >= 0.6 is 11.8 Å². The monoisotopic (exact) mass is 391 g/mol. The van der Waals surface area contributed by atoms with Crippen LogP contribution in [0.3, 0.4) is 0 Å². The van der Waals surface area contributed by atoms with E-state index in [1.807, 2.05) is 61.5 Å². The van der Waals surface area contributed by atoms with Crippen LogP contribution < -0.4 is 10.9 Å². The lowest BCUT2D eigenvalue weighted by atomic mass is 10.0. The molecule has 0 spiro atoms. The molecule has 0 aliphatic carbocycles. The van der Waals surface area contributed by atoms with Crippen molar-refractivity contribution in [2.75, 3.05) is 11.1 Å². The summed E-state index contributed by atoms with van der Waals surface area (Å²) in [6.45, 7) is 1.98. The SMILES string of the molecule is CCc1cc(=O)n2c(n1)SCC2CC(=O)Nc1ccccc1-c1ccccc1. The van der Waals surface area contributed by atoms with Gasteiger partial charge in [-0.05, 0) is 18.1 Å². The molecule has 6 heteroatoms. The predicted molar refractivity (Wildman–Crippen MR) is 113 cm³/mol. The normalized spacial score (nSPS) is 15.2. The number of aryl methyl sites for hydroxylation is 1. The fourth-order valence-corrected chi connectivity index (χ4v) is 4.57. The summed E-state index contributed by atoms with van der Waals surface area (Å²) in [4.78, 5) is 29.7. The molecule has 2 heterocycles. The van der Waals surface area contributed by atoms with Gasteiger partial charge < -0.3 is 5.32 Å². The minimum Gasteiger partial charge on any atom is -0.325 e. The van der Waals surface area contributed by atoms with E-state index in [0.717, 1.165) is 28.9 Å². The van der Waals surface area contributed by atoms with Gasteiger partial charge in [-0.3, -0.25) is 14.2 Å². The highest BCUT2D eigenvalue weighted by Gasteiger charge is 2.27. The molecule has 0 saturated heterocycles. The van der Waals surface area contributed by atoms with Crippen LogP contribution in [0.4, 0.5) is 5.69 Å². The van der Waals surface area contributed by atoms with Gasteiger partial charge in [0.1, 0.15) is 0 Å². The number of hydrogen-bond acceptors (Lipinski definition) is 4. The number of nitrogens with zero attached hydrogens (tertiary/aromatic N) is 2. The Morgan fingerprint density at radius 3 is 2.71 bits per heavy atom. The lowest BCUT2D eigenvalue weighted by molar-refractivity contribution is -0.116. The molecule has 142 valence electrons. The number of nitrogens with one attached hydrogen (secondary N) is 1. The fraction of sp³-hybridized carbons (Fsp3) is 0.227. The summed E-state index contributed by atoms with van der Waals surface area (Å²) < 4.78 is 1.66. The topological polar surface area (TPSA) is 64.0 Å². The first-order valence-electron chi connectivity index (χ1n) is 9.35. The van der Waals surface area contributed by atoms with Gasteiger partial charge in [0.15, 0.2) is 5.16 Å². The minimum atomic E-state index is -0.171. The number of carbonyl (C=O) groups excluding carboxylic acids is 1. The molecule has 2 aromatic carbocycles. The standard InChI is InChI=1S/C22H21N3O2S/c1-2-16-12-21(27)25-17(14-28-22(25)23-16)13-20(26)24-19-11-7-6-10-18(19)15-8-4-3-5-9-15/h3-12,17H,2,13-14H2,1H3,(H,24,26). The fourth-order valence-electron chi connectivity index (χ4n) is 3.41. The molecule has 0 radical (unpaired) electrons. The molecule has 28 heavy (non-hydrogen) atoms. The first kappa shape index (κ1) is 18.5. The molecule has 1 amide bonds. The summed E-state index contributed by atoms with van der Waals surface area (Å²) in [5, 5.41) is 3.74. The van der Waals surface area contributed by atoms with Crippen LogP contribution in [0.2, 0.25) is 0 Å². The zero-order valence-electron chi connectivity index (χ0n) is 15.6. The average Bonchev–Trinajstić information content (AvgIpc) is 3.12. The van der Waals surface area contributed by atoms with Crippen molar-refractivity contribution in [3.8, 4) is 11.1 Å². The Labute approximate surface area is 167 Å². The van der Waals surface area contributed by atoms with Crippen molar-refractivity contribution in [1.82, 2.24) is 9.55 Å².